The standard InChI is InChI=1S/C9H20O2S2/c1-3-8(10)5-12-7-13-6-9(11)4-2/h8-11H,3-7H2,1-2H3. The predicted molar refractivity (Wildman–Crippen MR) is 62.4 cm³/mol. The molecule has 0 aromatic rings. The Morgan fingerprint density at radius 1 is 0.923 bits per heavy atom. The van der Waals surface area contributed by atoms with Crippen LogP contribution < -0.4 is 0 Å². The monoisotopic (exact) mass is 224 g/mol. The maximum atomic E-state index is 9.23. The van der Waals surface area contributed by atoms with Crippen molar-refractivity contribution in [3.05, 3.63) is 0 Å². The summed E-state index contributed by atoms with van der Waals surface area (Å²) in [6.07, 6.45) is 1.33. The zero-order chi connectivity index (χ0) is 10.1. The molecule has 0 radical (unpaired) electrons. The second-order valence-electron chi connectivity index (χ2n) is 2.98. The van der Waals surface area contributed by atoms with Crippen LogP contribution >= 0.6 is 23.5 Å². The van der Waals surface area contributed by atoms with Gasteiger partial charge in [0.25, 0.3) is 0 Å². The first-order valence-corrected chi connectivity index (χ1v) is 7.03. The van der Waals surface area contributed by atoms with Crippen LogP contribution in [0.25, 0.3) is 0 Å². The lowest BCUT2D eigenvalue weighted by Crippen LogP contribution is -2.09. The highest BCUT2D eigenvalue weighted by Gasteiger charge is 2.02. The Morgan fingerprint density at radius 3 is 1.62 bits per heavy atom. The lowest BCUT2D eigenvalue weighted by Gasteiger charge is -2.08. The zero-order valence-electron chi connectivity index (χ0n) is 8.40. The van der Waals surface area contributed by atoms with Gasteiger partial charge in [0.1, 0.15) is 0 Å². The van der Waals surface area contributed by atoms with Crippen LogP contribution in [-0.4, -0.2) is 39.0 Å². The molecule has 0 heterocycles. The van der Waals surface area contributed by atoms with E-state index >= 15 is 0 Å². The van der Waals surface area contributed by atoms with Gasteiger partial charge in [-0.3, -0.25) is 0 Å². The third-order valence-corrected chi connectivity index (χ3v) is 4.30. The molecule has 4 heteroatoms. The SMILES string of the molecule is CCC(O)CSCSCC(O)CC. The van der Waals surface area contributed by atoms with E-state index in [1.807, 2.05) is 13.8 Å². The van der Waals surface area contributed by atoms with Gasteiger partial charge in [-0.1, -0.05) is 13.8 Å². The van der Waals surface area contributed by atoms with Crippen molar-refractivity contribution in [2.45, 2.75) is 38.9 Å². The Labute approximate surface area is 89.5 Å². The van der Waals surface area contributed by atoms with E-state index in [0.29, 0.717) is 0 Å². The van der Waals surface area contributed by atoms with Gasteiger partial charge < -0.3 is 10.2 Å². The third kappa shape index (κ3) is 8.94. The van der Waals surface area contributed by atoms with E-state index in [1.165, 1.54) is 0 Å². The smallest absolute Gasteiger partial charge is 0.0628 e. The third-order valence-electron chi connectivity index (χ3n) is 1.73. The van der Waals surface area contributed by atoms with E-state index in [0.717, 1.165) is 29.4 Å². The highest BCUT2D eigenvalue weighted by atomic mass is 32.2. The average Bonchev–Trinajstić information content (AvgIpc) is 2.16. The molecule has 0 aliphatic rings. The van der Waals surface area contributed by atoms with Crippen LogP contribution in [0.4, 0.5) is 0 Å². The van der Waals surface area contributed by atoms with Crippen LogP contribution in [0.1, 0.15) is 26.7 Å². The first-order valence-electron chi connectivity index (χ1n) is 4.72. The summed E-state index contributed by atoms with van der Waals surface area (Å²) in [7, 11) is 0. The van der Waals surface area contributed by atoms with Crippen molar-refractivity contribution in [3.8, 4) is 0 Å². The summed E-state index contributed by atoms with van der Waals surface area (Å²) in [5.74, 6) is 1.62. The van der Waals surface area contributed by atoms with E-state index < -0.39 is 0 Å². The van der Waals surface area contributed by atoms with Crippen LogP contribution in [-0.2, 0) is 0 Å². The molecule has 0 aliphatic heterocycles. The summed E-state index contributed by atoms with van der Waals surface area (Å²) < 4.78 is 0. The minimum Gasteiger partial charge on any atom is -0.392 e. The van der Waals surface area contributed by atoms with Crippen molar-refractivity contribution in [2.24, 2.45) is 0 Å². The first-order chi connectivity index (χ1) is 6.20. The van der Waals surface area contributed by atoms with Crippen LogP contribution in [0.15, 0.2) is 0 Å². The molecule has 0 aliphatic carbocycles. The van der Waals surface area contributed by atoms with Gasteiger partial charge in [-0.15, -0.1) is 23.5 Å². The summed E-state index contributed by atoms with van der Waals surface area (Å²) >= 11 is 3.48. The number of thioether (sulfide) groups is 2. The molecule has 2 atom stereocenters. The maximum absolute atomic E-state index is 9.23. The molecule has 2 unspecified atom stereocenters. The van der Waals surface area contributed by atoms with Crippen molar-refractivity contribution in [1.82, 2.24) is 0 Å². The molecule has 2 nitrogen and oxygen atoms in total. The van der Waals surface area contributed by atoms with Gasteiger partial charge in [-0.2, -0.15) is 0 Å². The summed E-state index contributed by atoms with van der Waals surface area (Å²) in [6.45, 7) is 3.97. The highest BCUT2D eigenvalue weighted by molar-refractivity contribution is 8.16. The van der Waals surface area contributed by atoms with Gasteiger partial charge in [-0.25, -0.2) is 0 Å². The van der Waals surface area contributed by atoms with E-state index in [9.17, 15) is 10.2 Å². The minimum atomic E-state index is -0.165. The fourth-order valence-electron chi connectivity index (χ4n) is 0.663. The van der Waals surface area contributed by atoms with Crippen LogP contribution in [0.2, 0.25) is 0 Å². The van der Waals surface area contributed by atoms with Gasteiger partial charge in [0, 0.05) is 16.6 Å². The van der Waals surface area contributed by atoms with Gasteiger partial charge in [0.15, 0.2) is 0 Å². The molecule has 0 aromatic carbocycles. The number of rotatable bonds is 8. The van der Waals surface area contributed by atoms with Crippen molar-refractivity contribution >= 4 is 23.5 Å². The summed E-state index contributed by atoms with van der Waals surface area (Å²) in [4.78, 5) is 0. The van der Waals surface area contributed by atoms with E-state index in [-0.39, 0.29) is 12.2 Å². The molecule has 80 valence electrons. The van der Waals surface area contributed by atoms with Crippen molar-refractivity contribution in [1.29, 1.82) is 0 Å². The molecule has 2 N–H and O–H groups in total. The Kier molecular flexibility index (Phi) is 9.62. The van der Waals surface area contributed by atoms with Crippen molar-refractivity contribution < 1.29 is 10.2 Å². The molecule has 0 rings (SSSR count). The van der Waals surface area contributed by atoms with E-state index in [2.05, 4.69) is 0 Å². The Morgan fingerprint density at radius 2 is 1.31 bits per heavy atom. The van der Waals surface area contributed by atoms with Crippen LogP contribution in [0.3, 0.4) is 0 Å². The second-order valence-corrected chi connectivity index (χ2v) is 5.41. The minimum absolute atomic E-state index is 0.165. The van der Waals surface area contributed by atoms with E-state index in [1.54, 1.807) is 23.5 Å². The molecular formula is C9H20O2S2. The number of aliphatic hydroxyl groups excluding tert-OH is 2. The lowest BCUT2D eigenvalue weighted by atomic mass is 10.3. The fourth-order valence-corrected chi connectivity index (χ4v) is 2.92. The first kappa shape index (κ1) is 13.6. The second kappa shape index (κ2) is 9.19. The molecule has 0 saturated carbocycles. The molecule has 0 bridgehead atoms. The fraction of sp³-hybridized carbons (Fsp3) is 1.00. The topological polar surface area (TPSA) is 40.5 Å². The van der Waals surface area contributed by atoms with E-state index in [4.69, 9.17) is 0 Å². The molecule has 0 saturated heterocycles. The predicted octanol–water partition coefficient (Wildman–Crippen LogP) is 1.95. The van der Waals surface area contributed by atoms with Crippen molar-refractivity contribution in [3.63, 3.8) is 0 Å². The number of hydrogen-bond acceptors (Lipinski definition) is 4. The number of hydrogen-bond donors (Lipinski definition) is 2. The van der Waals surface area contributed by atoms with Gasteiger partial charge >= 0.3 is 0 Å². The maximum Gasteiger partial charge on any atom is 0.0628 e. The summed E-state index contributed by atoms with van der Waals surface area (Å²) in [5.41, 5.74) is 0. The van der Waals surface area contributed by atoms with Gasteiger partial charge in [0.2, 0.25) is 0 Å². The molecule has 0 spiro atoms. The van der Waals surface area contributed by atoms with Crippen LogP contribution in [0, 0.1) is 0 Å². The molecule has 0 aromatic heterocycles. The summed E-state index contributed by atoms with van der Waals surface area (Å²) in [5, 5.41) is 19.4. The Balaban J connectivity index is 3.08. The molecular weight excluding hydrogens is 204 g/mol. The van der Waals surface area contributed by atoms with Crippen molar-refractivity contribution in [2.75, 3.05) is 16.6 Å². The number of aliphatic hydroxyl groups is 2. The van der Waals surface area contributed by atoms with Gasteiger partial charge in [-0.05, 0) is 12.8 Å². The quantitative estimate of drug-likeness (QED) is 0.488. The normalized spacial score (nSPS) is 15.7. The zero-order valence-corrected chi connectivity index (χ0v) is 10.0. The Bertz CT molecular complexity index is 99.8. The van der Waals surface area contributed by atoms with Gasteiger partial charge in [0.05, 0.1) is 12.2 Å². The average molecular weight is 224 g/mol. The Hall–Kier alpha value is 0.620. The van der Waals surface area contributed by atoms with Crippen LogP contribution in [0.5, 0.6) is 0 Å². The molecule has 0 fully saturated rings. The molecule has 0 amide bonds. The lowest BCUT2D eigenvalue weighted by molar-refractivity contribution is 0.195. The largest absolute Gasteiger partial charge is 0.392 e. The summed E-state index contributed by atoms with van der Waals surface area (Å²) in [6, 6.07) is 0. The highest BCUT2D eigenvalue weighted by Crippen LogP contribution is 2.15. The molecule has 13 heavy (non-hydrogen) atoms.